The summed E-state index contributed by atoms with van der Waals surface area (Å²) in [5.74, 6) is 0.405. The summed E-state index contributed by atoms with van der Waals surface area (Å²) in [6.45, 7) is 13.7. The zero-order chi connectivity index (χ0) is 20.4. The fourth-order valence-electron chi connectivity index (χ4n) is 4.05. The number of allylic oxidation sites excluding steroid dienone is 12. The van der Waals surface area contributed by atoms with Crippen LogP contribution in [0.3, 0.4) is 0 Å². The van der Waals surface area contributed by atoms with Gasteiger partial charge in [0.1, 0.15) is 0 Å². The van der Waals surface area contributed by atoms with E-state index in [1.54, 1.807) is 0 Å². The Kier molecular flexibility index (Phi) is 5.79. The lowest BCUT2D eigenvalue weighted by atomic mass is 9.81. The second kappa shape index (κ2) is 7.95. The molecular weight excluding hydrogens is 336 g/mol. The molecule has 0 fully saturated rings. The van der Waals surface area contributed by atoms with Crippen LogP contribution < -0.4 is 0 Å². The molecule has 0 N–H and O–H groups in total. The Hall–Kier alpha value is -2.34. The number of benzene rings is 1. The van der Waals surface area contributed by atoms with E-state index >= 15 is 0 Å². The van der Waals surface area contributed by atoms with Gasteiger partial charge in [0.05, 0.1) is 0 Å². The minimum absolute atomic E-state index is 0.0272. The largest absolute Gasteiger partial charge is 0.0839 e. The zero-order valence-electron chi connectivity index (χ0n) is 18.3. The summed E-state index contributed by atoms with van der Waals surface area (Å²) in [6, 6.07) is 8.86. The maximum Gasteiger partial charge on any atom is 0.0158 e. The predicted molar refractivity (Wildman–Crippen MR) is 124 cm³/mol. The van der Waals surface area contributed by atoms with Gasteiger partial charge in [0.25, 0.3) is 0 Å². The highest BCUT2D eigenvalue weighted by atomic mass is 14.4. The first-order chi connectivity index (χ1) is 13.2. The molecule has 2 aliphatic rings. The molecule has 3 rings (SSSR count). The molecule has 0 bridgehead atoms. The Morgan fingerprint density at radius 1 is 0.929 bits per heavy atom. The van der Waals surface area contributed by atoms with Gasteiger partial charge in [-0.05, 0) is 41.5 Å². The minimum atomic E-state index is 0.0272. The molecule has 0 saturated carbocycles. The third-order valence-electron chi connectivity index (χ3n) is 6.11. The summed E-state index contributed by atoms with van der Waals surface area (Å²) in [5.41, 5.74) is 7.06. The summed E-state index contributed by atoms with van der Waals surface area (Å²) < 4.78 is 0. The van der Waals surface area contributed by atoms with Crippen LogP contribution in [0.5, 0.6) is 0 Å². The molecular formula is C28H34. The molecule has 0 aliphatic heterocycles. The third-order valence-corrected chi connectivity index (χ3v) is 6.11. The van der Waals surface area contributed by atoms with Gasteiger partial charge in [0, 0.05) is 10.8 Å². The highest BCUT2D eigenvalue weighted by molar-refractivity contribution is 5.87. The van der Waals surface area contributed by atoms with Crippen molar-refractivity contribution in [2.24, 2.45) is 11.3 Å². The van der Waals surface area contributed by atoms with E-state index in [-0.39, 0.29) is 10.8 Å². The van der Waals surface area contributed by atoms with Crippen molar-refractivity contribution in [3.63, 3.8) is 0 Å². The quantitative estimate of drug-likeness (QED) is 0.406. The van der Waals surface area contributed by atoms with Crippen LogP contribution in [0.25, 0.3) is 5.57 Å². The van der Waals surface area contributed by atoms with Crippen LogP contribution in [0.1, 0.15) is 59.1 Å². The maximum atomic E-state index is 2.35. The van der Waals surface area contributed by atoms with Crippen LogP contribution in [0, 0.1) is 11.3 Å². The number of hydrogen-bond donors (Lipinski definition) is 0. The van der Waals surface area contributed by atoms with E-state index in [2.05, 4.69) is 120 Å². The van der Waals surface area contributed by atoms with Crippen molar-refractivity contribution in [3.8, 4) is 0 Å². The van der Waals surface area contributed by atoms with Gasteiger partial charge in [-0.1, -0.05) is 119 Å². The van der Waals surface area contributed by atoms with Gasteiger partial charge in [-0.3, -0.25) is 0 Å². The SMILES string of the molecule is C/C1=C\C=C/C(C)(C)/C=C\C/C=C\C2=C(/C=C\C1C)c1ccccc1C2(C)C. The smallest absolute Gasteiger partial charge is 0.0158 e. The zero-order valence-corrected chi connectivity index (χ0v) is 18.3. The fraction of sp³-hybridized carbons (Fsp3) is 0.357. The molecule has 28 heavy (non-hydrogen) atoms. The van der Waals surface area contributed by atoms with Gasteiger partial charge in [0.2, 0.25) is 0 Å². The van der Waals surface area contributed by atoms with E-state index < -0.39 is 0 Å². The summed E-state index contributed by atoms with van der Waals surface area (Å²) >= 11 is 0. The van der Waals surface area contributed by atoms with Crippen molar-refractivity contribution in [1.82, 2.24) is 0 Å². The van der Waals surface area contributed by atoms with E-state index in [0.29, 0.717) is 5.92 Å². The van der Waals surface area contributed by atoms with Crippen LogP contribution in [0.15, 0.2) is 90.1 Å². The molecule has 1 aromatic rings. The molecule has 1 aromatic carbocycles. The van der Waals surface area contributed by atoms with Crippen molar-refractivity contribution in [3.05, 3.63) is 101 Å². The van der Waals surface area contributed by atoms with Gasteiger partial charge in [0.15, 0.2) is 0 Å². The molecule has 1 unspecified atom stereocenters. The minimum Gasteiger partial charge on any atom is -0.0839 e. The van der Waals surface area contributed by atoms with E-state index in [1.165, 1.54) is 27.8 Å². The van der Waals surface area contributed by atoms with Crippen molar-refractivity contribution in [1.29, 1.82) is 0 Å². The van der Waals surface area contributed by atoms with E-state index in [1.807, 2.05) is 0 Å². The average Bonchev–Trinajstić information content (AvgIpc) is 2.85. The van der Waals surface area contributed by atoms with Gasteiger partial charge in [-0.15, -0.1) is 0 Å². The molecule has 1 atom stereocenters. The molecule has 0 amide bonds. The topological polar surface area (TPSA) is 0 Å². The van der Waals surface area contributed by atoms with Crippen LogP contribution in [-0.4, -0.2) is 0 Å². The van der Waals surface area contributed by atoms with Crippen molar-refractivity contribution >= 4 is 5.57 Å². The Labute approximate surface area is 171 Å². The van der Waals surface area contributed by atoms with Gasteiger partial charge >= 0.3 is 0 Å². The third kappa shape index (κ3) is 4.22. The highest BCUT2D eigenvalue weighted by Crippen LogP contribution is 2.47. The molecule has 0 saturated heterocycles. The summed E-state index contributed by atoms with van der Waals surface area (Å²) in [5, 5.41) is 0. The van der Waals surface area contributed by atoms with Gasteiger partial charge in [-0.25, -0.2) is 0 Å². The summed E-state index contributed by atoms with van der Waals surface area (Å²) in [6.07, 6.45) is 21.6. The normalized spacial score (nSPS) is 30.1. The Morgan fingerprint density at radius 3 is 2.46 bits per heavy atom. The second-order valence-corrected chi connectivity index (χ2v) is 9.28. The lowest BCUT2D eigenvalue weighted by Crippen LogP contribution is -2.16. The standard InChI is InChI=1S/C28H34/c1-21-13-12-20-27(3,4)19-11-7-8-15-26-24(18-17-22(21)2)23-14-9-10-16-25(23)28(26,5)6/h8-20,22H,7H2,1-6H3/b15-8-,18-17-,19-11-,20-12-,21-13+. The van der Waals surface area contributed by atoms with Crippen LogP contribution in [0.4, 0.5) is 0 Å². The first-order valence-electron chi connectivity index (χ1n) is 10.5. The summed E-state index contributed by atoms with van der Waals surface area (Å²) in [7, 11) is 0. The highest BCUT2D eigenvalue weighted by Gasteiger charge is 2.35. The second-order valence-electron chi connectivity index (χ2n) is 9.28. The molecule has 0 spiro atoms. The molecule has 2 aliphatic carbocycles. The van der Waals surface area contributed by atoms with Crippen molar-refractivity contribution in [2.45, 2.75) is 53.4 Å². The lowest BCUT2D eigenvalue weighted by Gasteiger charge is -2.22. The van der Waals surface area contributed by atoms with E-state index in [4.69, 9.17) is 0 Å². The molecule has 0 radical (unpaired) electrons. The Bertz CT molecular complexity index is 907. The molecule has 0 aromatic heterocycles. The lowest BCUT2D eigenvalue weighted by molar-refractivity contribution is 0.624. The van der Waals surface area contributed by atoms with E-state index in [9.17, 15) is 0 Å². The molecule has 0 nitrogen and oxygen atoms in total. The number of rotatable bonds is 0. The predicted octanol–water partition coefficient (Wildman–Crippen LogP) is 7.97. The van der Waals surface area contributed by atoms with Gasteiger partial charge in [-0.2, -0.15) is 0 Å². The first kappa shape index (κ1) is 20.4. The van der Waals surface area contributed by atoms with Crippen molar-refractivity contribution < 1.29 is 0 Å². The van der Waals surface area contributed by atoms with Crippen LogP contribution in [-0.2, 0) is 5.41 Å². The molecule has 0 heterocycles. The first-order valence-corrected chi connectivity index (χ1v) is 10.5. The monoisotopic (exact) mass is 370 g/mol. The number of fused-ring (bicyclic) bond motifs is 2. The number of hydrogen-bond acceptors (Lipinski definition) is 0. The molecule has 0 heteroatoms. The van der Waals surface area contributed by atoms with Gasteiger partial charge < -0.3 is 0 Å². The summed E-state index contributed by atoms with van der Waals surface area (Å²) in [4.78, 5) is 0. The Morgan fingerprint density at radius 2 is 1.68 bits per heavy atom. The average molecular weight is 371 g/mol. The van der Waals surface area contributed by atoms with Crippen LogP contribution in [0.2, 0.25) is 0 Å². The molecule has 146 valence electrons. The van der Waals surface area contributed by atoms with E-state index in [0.717, 1.165) is 6.42 Å². The van der Waals surface area contributed by atoms with Crippen LogP contribution >= 0.6 is 0 Å². The maximum absolute atomic E-state index is 2.35. The fourth-order valence-corrected chi connectivity index (χ4v) is 4.05. The van der Waals surface area contributed by atoms with Crippen molar-refractivity contribution in [2.75, 3.05) is 0 Å². The Balaban J connectivity index is 2.11.